The van der Waals surface area contributed by atoms with Crippen LogP contribution in [0, 0.1) is 11.6 Å². The number of nitrogens with one attached hydrogen (secondary N) is 2. The van der Waals surface area contributed by atoms with Crippen molar-refractivity contribution in [1.29, 1.82) is 0 Å². The molecule has 0 saturated carbocycles. The van der Waals surface area contributed by atoms with Crippen molar-refractivity contribution in [2.24, 2.45) is 0 Å². The van der Waals surface area contributed by atoms with E-state index in [4.69, 9.17) is 9.15 Å². The van der Waals surface area contributed by atoms with Gasteiger partial charge < -0.3 is 19.4 Å². The van der Waals surface area contributed by atoms with Crippen LogP contribution in [0.1, 0.15) is 18.2 Å². The molecule has 12 heteroatoms. The van der Waals surface area contributed by atoms with Gasteiger partial charge in [0.1, 0.15) is 29.2 Å². The van der Waals surface area contributed by atoms with Gasteiger partial charge in [0.25, 0.3) is 15.9 Å². The Labute approximate surface area is 235 Å². The minimum Gasteiger partial charge on any atom is -0.484 e. The highest BCUT2D eigenvalue weighted by atomic mass is 32.2. The maximum absolute atomic E-state index is 13.4. The first-order valence-electron chi connectivity index (χ1n) is 12.5. The topological polar surface area (TPSA) is 118 Å². The van der Waals surface area contributed by atoms with Gasteiger partial charge in [-0.25, -0.2) is 17.2 Å². The molecule has 3 aromatic carbocycles. The number of carbonyl (C=O) groups is 2. The van der Waals surface area contributed by atoms with Crippen molar-refractivity contribution in [3.63, 3.8) is 0 Å². The van der Waals surface area contributed by atoms with Gasteiger partial charge in [-0.05, 0) is 85.3 Å². The van der Waals surface area contributed by atoms with Crippen LogP contribution in [0.4, 0.5) is 14.5 Å². The van der Waals surface area contributed by atoms with Crippen LogP contribution in [-0.2, 0) is 32.7 Å². The van der Waals surface area contributed by atoms with E-state index in [1.54, 1.807) is 19.1 Å². The Morgan fingerprint density at radius 2 is 1.56 bits per heavy atom. The van der Waals surface area contributed by atoms with Gasteiger partial charge in [-0.2, -0.15) is 0 Å². The maximum atomic E-state index is 13.4. The third-order valence-corrected chi connectivity index (χ3v) is 7.44. The molecule has 0 saturated heterocycles. The molecule has 0 aliphatic heterocycles. The van der Waals surface area contributed by atoms with Crippen molar-refractivity contribution in [3.05, 3.63) is 114 Å². The molecular weight excluding hydrogens is 556 g/mol. The lowest BCUT2D eigenvalue weighted by Crippen LogP contribution is -2.48. The molecule has 41 heavy (non-hydrogen) atoms. The summed E-state index contributed by atoms with van der Waals surface area (Å²) in [5.41, 5.74) is 0.800. The highest BCUT2D eigenvalue weighted by Gasteiger charge is 2.27. The Morgan fingerprint density at radius 1 is 0.927 bits per heavy atom. The first-order valence-corrected chi connectivity index (χ1v) is 13.9. The molecule has 1 unspecified atom stereocenters. The van der Waals surface area contributed by atoms with Gasteiger partial charge in [-0.15, -0.1) is 0 Å². The molecule has 1 heterocycles. The number of ether oxygens (including phenoxy) is 1. The van der Waals surface area contributed by atoms with E-state index in [0.29, 0.717) is 11.3 Å². The van der Waals surface area contributed by atoms with Crippen molar-refractivity contribution < 1.29 is 35.9 Å². The predicted octanol–water partition coefficient (Wildman–Crippen LogP) is 4.47. The highest BCUT2D eigenvalue weighted by Crippen LogP contribution is 2.20. The molecule has 0 spiro atoms. The second-order valence-electron chi connectivity index (χ2n) is 8.99. The van der Waals surface area contributed by atoms with Crippen molar-refractivity contribution in [1.82, 2.24) is 10.2 Å². The average molecular weight is 584 g/mol. The summed E-state index contributed by atoms with van der Waals surface area (Å²) in [7, 11) is -3.95. The number of sulfonamides is 1. The van der Waals surface area contributed by atoms with E-state index in [1.807, 2.05) is 0 Å². The fourth-order valence-electron chi connectivity index (χ4n) is 3.78. The van der Waals surface area contributed by atoms with E-state index in [-0.39, 0.29) is 29.4 Å². The van der Waals surface area contributed by atoms with Gasteiger partial charge in [-0.1, -0.05) is 12.1 Å². The van der Waals surface area contributed by atoms with E-state index in [9.17, 15) is 26.8 Å². The third-order valence-electron chi connectivity index (χ3n) is 6.04. The first kappa shape index (κ1) is 29.3. The summed E-state index contributed by atoms with van der Waals surface area (Å²) in [4.78, 5) is 27.3. The van der Waals surface area contributed by atoms with Crippen LogP contribution in [0.3, 0.4) is 0 Å². The molecule has 2 amide bonds. The van der Waals surface area contributed by atoms with Crippen LogP contribution < -0.4 is 14.8 Å². The Morgan fingerprint density at radius 3 is 2.17 bits per heavy atom. The number of furan rings is 1. The van der Waals surface area contributed by atoms with Gasteiger partial charge in [-0.3, -0.25) is 14.3 Å². The Hall–Kier alpha value is -4.71. The summed E-state index contributed by atoms with van der Waals surface area (Å²) in [6, 6.07) is 18.3. The standard InChI is InChI=1S/C29H27F2N3O6S/c1-20(29(36)32-17-26-3-2-16-39-26)34(18-21-4-6-22(30)7-5-21)28(35)19-40-25-12-14-27(15-13-25)41(37,38)33-24-10-8-23(31)9-11-24/h2-16,20,33H,17-19H2,1H3,(H,32,36). The maximum Gasteiger partial charge on any atom is 0.261 e. The lowest BCUT2D eigenvalue weighted by molar-refractivity contribution is -0.142. The molecule has 0 aliphatic carbocycles. The second-order valence-corrected chi connectivity index (χ2v) is 10.7. The van der Waals surface area contributed by atoms with Crippen molar-refractivity contribution in [2.45, 2.75) is 31.0 Å². The molecule has 4 rings (SSSR count). The normalized spacial score (nSPS) is 11.9. The molecule has 0 fully saturated rings. The molecule has 4 aromatic rings. The van der Waals surface area contributed by atoms with E-state index in [0.717, 1.165) is 12.1 Å². The summed E-state index contributed by atoms with van der Waals surface area (Å²) in [6.07, 6.45) is 1.48. The molecule has 1 atom stereocenters. The quantitative estimate of drug-likeness (QED) is 0.254. The second kappa shape index (κ2) is 13.1. The van der Waals surface area contributed by atoms with Crippen LogP contribution in [0.25, 0.3) is 0 Å². The van der Waals surface area contributed by atoms with Gasteiger partial charge in [0.15, 0.2) is 6.61 Å². The van der Waals surface area contributed by atoms with Crippen molar-refractivity contribution in [2.75, 3.05) is 11.3 Å². The summed E-state index contributed by atoms with van der Waals surface area (Å²) in [5.74, 6) is -1.12. The van der Waals surface area contributed by atoms with Gasteiger partial charge in [0.2, 0.25) is 5.91 Å². The number of nitrogens with zero attached hydrogens (tertiary/aromatic N) is 1. The molecule has 1 aromatic heterocycles. The number of carbonyl (C=O) groups excluding carboxylic acids is 2. The number of benzene rings is 3. The highest BCUT2D eigenvalue weighted by molar-refractivity contribution is 7.92. The minimum atomic E-state index is -3.95. The summed E-state index contributed by atoms with van der Waals surface area (Å²) in [5, 5.41) is 2.72. The molecule has 9 nitrogen and oxygen atoms in total. The van der Waals surface area contributed by atoms with Crippen LogP contribution in [0.5, 0.6) is 5.75 Å². The predicted molar refractivity (Wildman–Crippen MR) is 146 cm³/mol. The number of halogens is 2. The van der Waals surface area contributed by atoms with E-state index in [1.165, 1.54) is 71.8 Å². The molecule has 2 N–H and O–H groups in total. The van der Waals surface area contributed by atoms with E-state index in [2.05, 4.69) is 10.0 Å². The van der Waals surface area contributed by atoms with E-state index < -0.39 is 46.1 Å². The Balaban J connectivity index is 1.41. The van der Waals surface area contributed by atoms with Crippen LogP contribution >= 0.6 is 0 Å². The Bertz CT molecular complexity index is 1560. The lowest BCUT2D eigenvalue weighted by Gasteiger charge is -2.28. The fraction of sp³-hybridized carbons (Fsp3) is 0.172. The molecule has 0 bridgehead atoms. The van der Waals surface area contributed by atoms with Crippen LogP contribution in [-0.4, -0.2) is 37.8 Å². The van der Waals surface area contributed by atoms with Gasteiger partial charge in [0, 0.05) is 12.2 Å². The number of rotatable bonds is 12. The molecule has 214 valence electrons. The number of hydrogen-bond donors (Lipinski definition) is 2. The fourth-order valence-corrected chi connectivity index (χ4v) is 4.84. The number of hydrogen-bond acceptors (Lipinski definition) is 6. The van der Waals surface area contributed by atoms with Crippen molar-refractivity contribution >= 4 is 27.5 Å². The van der Waals surface area contributed by atoms with Crippen LogP contribution in [0.2, 0.25) is 0 Å². The lowest BCUT2D eigenvalue weighted by atomic mass is 10.1. The van der Waals surface area contributed by atoms with Crippen molar-refractivity contribution in [3.8, 4) is 5.75 Å². The van der Waals surface area contributed by atoms with E-state index >= 15 is 0 Å². The minimum absolute atomic E-state index is 0.0179. The third kappa shape index (κ3) is 8.15. The SMILES string of the molecule is CC(C(=O)NCc1ccco1)N(Cc1ccc(F)cc1)C(=O)COc1ccc(S(=O)(=O)Nc2ccc(F)cc2)cc1. The molecule has 0 aliphatic rings. The Kier molecular flexibility index (Phi) is 9.35. The number of anilines is 1. The average Bonchev–Trinajstić information content (AvgIpc) is 3.49. The monoisotopic (exact) mass is 583 g/mol. The number of amides is 2. The smallest absolute Gasteiger partial charge is 0.261 e. The molecular formula is C29H27F2N3O6S. The zero-order valence-corrected chi connectivity index (χ0v) is 22.7. The molecule has 0 radical (unpaired) electrons. The largest absolute Gasteiger partial charge is 0.484 e. The van der Waals surface area contributed by atoms with Gasteiger partial charge >= 0.3 is 0 Å². The summed E-state index contributed by atoms with van der Waals surface area (Å²) < 4.78 is 65.0. The first-order chi connectivity index (χ1) is 19.6. The zero-order chi connectivity index (χ0) is 29.4. The van der Waals surface area contributed by atoms with Crippen LogP contribution in [0.15, 0.2) is 101 Å². The summed E-state index contributed by atoms with van der Waals surface area (Å²) in [6.45, 7) is 1.27. The van der Waals surface area contributed by atoms with Gasteiger partial charge in [0.05, 0.1) is 17.7 Å². The zero-order valence-electron chi connectivity index (χ0n) is 21.9. The summed E-state index contributed by atoms with van der Waals surface area (Å²) >= 11 is 0.